The molecule has 0 aromatic carbocycles. The summed E-state index contributed by atoms with van der Waals surface area (Å²) in [5, 5.41) is 9.08. The van der Waals surface area contributed by atoms with E-state index in [0.717, 1.165) is 25.8 Å². The summed E-state index contributed by atoms with van der Waals surface area (Å²) in [6, 6.07) is 1.91. The van der Waals surface area contributed by atoms with Crippen LogP contribution in [0.5, 0.6) is 0 Å². The largest absolute Gasteiger partial charge is 0.392 e. The molecule has 1 aromatic heterocycles. The Morgan fingerprint density at radius 3 is 3.06 bits per heavy atom. The van der Waals surface area contributed by atoms with Crippen LogP contribution in [0, 0.1) is 5.82 Å². The highest BCUT2D eigenvalue weighted by molar-refractivity contribution is 5.44. The van der Waals surface area contributed by atoms with Crippen molar-refractivity contribution in [1.82, 2.24) is 4.98 Å². The number of aliphatic hydroxyl groups is 1. The lowest BCUT2D eigenvalue weighted by Gasteiger charge is -2.36. The Hall–Kier alpha value is -1.16. The predicted octanol–water partition coefficient (Wildman–Crippen LogP) is 2.48. The van der Waals surface area contributed by atoms with Crippen molar-refractivity contribution in [2.45, 2.75) is 45.3 Å². The van der Waals surface area contributed by atoms with E-state index in [1.807, 2.05) is 0 Å². The predicted molar refractivity (Wildman–Crippen MR) is 65.4 cm³/mol. The van der Waals surface area contributed by atoms with Crippen LogP contribution in [0.15, 0.2) is 12.3 Å². The first-order valence-corrected chi connectivity index (χ1v) is 6.28. The maximum absolute atomic E-state index is 14.1. The monoisotopic (exact) mass is 238 g/mol. The molecule has 1 aromatic rings. The van der Waals surface area contributed by atoms with Crippen molar-refractivity contribution < 1.29 is 9.50 Å². The molecule has 1 aliphatic rings. The van der Waals surface area contributed by atoms with Gasteiger partial charge in [-0.25, -0.2) is 9.37 Å². The number of aliphatic hydroxyl groups excluding tert-OH is 1. The molecule has 0 amide bonds. The fourth-order valence-electron chi connectivity index (χ4n) is 2.50. The zero-order valence-electron chi connectivity index (χ0n) is 10.2. The lowest BCUT2D eigenvalue weighted by Crippen LogP contribution is -2.40. The second-order valence-corrected chi connectivity index (χ2v) is 4.52. The van der Waals surface area contributed by atoms with E-state index < -0.39 is 0 Å². The van der Waals surface area contributed by atoms with E-state index in [2.05, 4.69) is 16.8 Å². The average Bonchev–Trinajstić information content (AvgIpc) is 2.39. The number of rotatable bonds is 3. The Morgan fingerprint density at radius 1 is 1.53 bits per heavy atom. The fraction of sp³-hybridized carbons (Fsp3) is 0.615. The molecule has 1 atom stereocenters. The summed E-state index contributed by atoms with van der Waals surface area (Å²) in [5.74, 6) is 0.0402. The van der Waals surface area contributed by atoms with Gasteiger partial charge in [0.05, 0.1) is 6.61 Å². The number of aromatic nitrogens is 1. The van der Waals surface area contributed by atoms with Crippen LogP contribution in [0.1, 0.15) is 38.2 Å². The third-order valence-electron chi connectivity index (χ3n) is 3.49. The van der Waals surface area contributed by atoms with Gasteiger partial charge < -0.3 is 10.0 Å². The van der Waals surface area contributed by atoms with Gasteiger partial charge in [0.2, 0.25) is 0 Å². The normalized spacial score (nSPS) is 20.6. The second kappa shape index (κ2) is 5.45. The number of halogens is 1. The van der Waals surface area contributed by atoms with Crippen LogP contribution in [0.3, 0.4) is 0 Å². The number of pyridine rings is 1. The van der Waals surface area contributed by atoms with E-state index in [1.165, 1.54) is 12.5 Å². The Morgan fingerprint density at radius 2 is 2.35 bits per heavy atom. The first kappa shape index (κ1) is 12.3. The molecule has 1 saturated heterocycles. The van der Waals surface area contributed by atoms with Gasteiger partial charge >= 0.3 is 0 Å². The van der Waals surface area contributed by atoms with Crippen molar-refractivity contribution in [3.05, 3.63) is 23.6 Å². The number of nitrogens with zero attached hydrogens (tertiary/aromatic N) is 2. The van der Waals surface area contributed by atoms with Gasteiger partial charge in [0.15, 0.2) is 11.6 Å². The third-order valence-corrected chi connectivity index (χ3v) is 3.49. The molecule has 0 radical (unpaired) electrons. The topological polar surface area (TPSA) is 36.4 Å². The number of hydrogen-bond donors (Lipinski definition) is 1. The molecule has 4 heteroatoms. The van der Waals surface area contributed by atoms with Gasteiger partial charge in [-0.05, 0) is 31.7 Å². The van der Waals surface area contributed by atoms with Gasteiger partial charge in [0, 0.05) is 24.3 Å². The van der Waals surface area contributed by atoms with E-state index in [1.54, 1.807) is 6.20 Å². The summed E-state index contributed by atoms with van der Waals surface area (Å²) >= 11 is 0. The Balaban J connectivity index is 2.31. The molecule has 0 spiro atoms. The van der Waals surface area contributed by atoms with Crippen LogP contribution in [0.4, 0.5) is 10.2 Å². The maximum Gasteiger partial charge on any atom is 0.171 e. The van der Waals surface area contributed by atoms with Gasteiger partial charge in [-0.15, -0.1) is 0 Å². The van der Waals surface area contributed by atoms with E-state index in [9.17, 15) is 4.39 Å². The highest BCUT2D eigenvalue weighted by atomic mass is 19.1. The van der Waals surface area contributed by atoms with Gasteiger partial charge in [0.1, 0.15) is 0 Å². The molecule has 1 fully saturated rings. The summed E-state index contributed by atoms with van der Waals surface area (Å²) in [6.45, 7) is 2.71. The summed E-state index contributed by atoms with van der Waals surface area (Å²) in [4.78, 5) is 6.20. The first-order valence-electron chi connectivity index (χ1n) is 6.28. The smallest absolute Gasteiger partial charge is 0.171 e. The van der Waals surface area contributed by atoms with Gasteiger partial charge in [0.25, 0.3) is 0 Å². The molecule has 0 bridgehead atoms. The van der Waals surface area contributed by atoms with Crippen LogP contribution >= 0.6 is 0 Å². The Labute approximate surface area is 101 Å². The van der Waals surface area contributed by atoms with E-state index in [4.69, 9.17) is 5.11 Å². The van der Waals surface area contributed by atoms with E-state index in [-0.39, 0.29) is 12.4 Å². The highest BCUT2D eigenvalue weighted by Crippen LogP contribution is 2.28. The molecule has 0 aliphatic carbocycles. The van der Waals surface area contributed by atoms with Gasteiger partial charge in [-0.1, -0.05) is 6.92 Å². The summed E-state index contributed by atoms with van der Waals surface area (Å²) < 4.78 is 14.1. The quantitative estimate of drug-likeness (QED) is 0.879. The van der Waals surface area contributed by atoms with Crippen molar-refractivity contribution in [2.75, 3.05) is 11.4 Å². The van der Waals surface area contributed by atoms with Crippen molar-refractivity contribution in [3.8, 4) is 0 Å². The Bertz CT molecular complexity index is 384. The average molecular weight is 238 g/mol. The lowest BCUT2D eigenvalue weighted by atomic mass is 10.00. The lowest BCUT2D eigenvalue weighted by molar-refractivity contribution is 0.275. The molecule has 0 saturated carbocycles. The Kier molecular flexibility index (Phi) is 3.94. The van der Waals surface area contributed by atoms with E-state index in [0.29, 0.717) is 17.4 Å². The number of anilines is 1. The standard InChI is InChI=1S/C13H19FN2O/c1-2-11-5-3-4-8-16(11)13-12(14)10(9-17)6-7-15-13/h6-7,11,17H,2-5,8-9H2,1H3. The van der Waals surface area contributed by atoms with E-state index >= 15 is 0 Å². The molecular formula is C13H19FN2O. The minimum absolute atomic E-state index is 0.272. The summed E-state index contributed by atoms with van der Waals surface area (Å²) in [6.07, 6.45) is 5.97. The molecule has 2 rings (SSSR count). The van der Waals surface area contributed by atoms with Crippen LogP contribution in [0.2, 0.25) is 0 Å². The SMILES string of the molecule is CCC1CCCCN1c1nccc(CO)c1F. The van der Waals surface area contributed by atoms with Crippen LogP contribution in [-0.2, 0) is 6.61 Å². The molecule has 3 nitrogen and oxygen atoms in total. The molecule has 1 aliphatic heterocycles. The molecule has 94 valence electrons. The highest BCUT2D eigenvalue weighted by Gasteiger charge is 2.25. The minimum Gasteiger partial charge on any atom is -0.392 e. The van der Waals surface area contributed by atoms with Crippen LogP contribution in [-0.4, -0.2) is 22.7 Å². The van der Waals surface area contributed by atoms with Crippen molar-refractivity contribution >= 4 is 5.82 Å². The number of piperidine rings is 1. The third kappa shape index (κ3) is 2.41. The molecule has 2 heterocycles. The summed E-state index contributed by atoms with van der Waals surface area (Å²) in [7, 11) is 0. The van der Waals surface area contributed by atoms with Gasteiger partial charge in [-0.2, -0.15) is 0 Å². The zero-order valence-corrected chi connectivity index (χ0v) is 10.2. The molecular weight excluding hydrogens is 219 g/mol. The molecule has 1 unspecified atom stereocenters. The van der Waals surface area contributed by atoms with Crippen LogP contribution in [0.25, 0.3) is 0 Å². The second-order valence-electron chi connectivity index (χ2n) is 4.52. The van der Waals surface area contributed by atoms with Crippen molar-refractivity contribution in [1.29, 1.82) is 0 Å². The first-order chi connectivity index (χ1) is 8.27. The fourth-order valence-corrected chi connectivity index (χ4v) is 2.50. The molecule has 1 N–H and O–H groups in total. The number of hydrogen-bond acceptors (Lipinski definition) is 3. The summed E-state index contributed by atoms with van der Waals surface area (Å²) in [5.41, 5.74) is 0.329. The van der Waals surface area contributed by atoms with Crippen molar-refractivity contribution in [3.63, 3.8) is 0 Å². The van der Waals surface area contributed by atoms with Gasteiger partial charge in [-0.3, -0.25) is 0 Å². The minimum atomic E-state index is -0.365. The zero-order chi connectivity index (χ0) is 12.3. The van der Waals surface area contributed by atoms with Crippen molar-refractivity contribution in [2.24, 2.45) is 0 Å². The maximum atomic E-state index is 14.1. The van der Waals surface area contributed by atoms with Crippen LogP contribution < -0.4 is 4.90 Å². The molecule has 17 heavy (non-hydrogen) atoms.